The fourth-order valence-corrected chi connectivity index (χ4v) is 3.74. The van der Waals surface area contributed by atoms with Crippen LogP contribution < -0.4 is 10.1 Å². The molecule has 0 aromatic heterocycles. The number of fused-ring (bicyclic) bond motifs is 1. The van der Waals surface area contributed by atoms with Gasteiger partial charge in [0.2, 0.25) is 0 Å². The molecular formula is C23H18N2O2S. The van der Waals surface area contributed by atoms with Crippen LogP contribution in [0.15, 0.2) is 89.3 Å². The Morgan fingerprint density at radius 2 is 1.82 bits per heavy atom. The Kier molecular flexibility index (Phi) is 5.26. The van der Waals surface area contributed by atoms with Crippen molar-refractivity contribution in [3.63, 3.8) is 0 Å². The average Bonchev–Trinajstić information content (AvgIpc) is 3.06. The summed E-state index contributed by atoms with van der Waals surface area (Å²) in [5.74, 6) is 0.547. The van der Waals surface area contributed by atoms with Gasteiger partial charge in [-0.25, -0.2) is 4.99 Å². The van der Waals surface area contributed by atoms with Gasteiger partial charge in [-0.3, -0.25) is 4.79 Å². The van der Waals surface area contributed by atoms with E-state index in [0.29, 0.717) is 22.4 Å². The highest BCUT2D eigenvalue weighted by atomic mass is 32.2. The van der Waals surface area contributed by atoms with Crippen molar-refractivity contribution in [3.05, 3.63) is 89.9 Å². The van der Waals surface area contributed by atoms with E-state index in [4.69, 9.17) is 4.74 Å². The molecule has 1 aliphatic heterocycles. The topological polar surface area (TPSA) is 50.7 Å². The molecule has 28 heavy (non-hydrogen) atoms. The fraction of sp³-hybridized carbons (Fsp3) is 0.0435. The Morgan fingerprint density at radius 3 is 2.71 bits per heavy atom. The van der Waals surface area contributed by atoms with Crippen LogP contribution in [0.2, 0.25) is 0 Å². The summed E-state index contributed by atoms with van der Waals surface area (Å²) in [6, 6.07) is 21.6. The molecule has 0 spiro atoms. The van der Waals surface area contributed by atoms with Gasteiger partial charge in [-0.1, -0.05) is 67.3 Å². The maximum absolute atomic E-state index is 12.4. The monoisotopic (exact) mass is 386 g/mol. The van der Waals surface area contributed by atoms with Crippen molar-refractivity contribution < 1.29 is 9.53 Å². The maximum atomic E-state index is 12.4. The summed E-state index contributed by atoms with van der Waals surface area (Å²) in [4.78, 5) is 17.7. The third kappa shape index (κ3) is 3.85. The van der Waals surface area contributed by atoms with Crippen LogP contribution in [0.3, 0.4) is 0 Å². The first kappa shape index (κ1) is 18.1. The van der Waals surface area contributed by atoms with Crippen LogP contribution in [0.4, 0.5) is 5.69 Å². The molecule has 0 unspecified atom stereocenters. The van der Waals surface area contributed by atoms with Crippen molar-refractivity contribution in [2.24, 2.45) is 4.99 Å². The number of nitrogens with zero attached hydrogens (tertiary/aromatic N) is 1. The van der Waals surface area contributed by atoms with Crippen LogP contribution in [-0.4, -0.2) is 17.7 Å². The van der Waals surface area contributed by atoms with Crippen LogP contribution in [0.25, 0.3) is 16.8 Å². The lowest BCUT2D eigenvalue weighted by Gasteiger charge is -2.06. The van der Waals surface area contributed by atoms with Crippen molar-refractivity contribution in [3.8, 4) is 5.75 Å². The van der Waals surface area contributed by atoms with Gasteiger partial charge in [0.25, 0.3) is 5.91 Å². The third-order valence-electron chi connectivity index (χ3n) is 4.20. The number of nitrogens with one attached hydrogen (secondary N) is 1. The number of hydrogen-bond donors (Lipinski definition) is 1. The van der Waals surface area contributed by atoms with Gasteiger partial charge in [0.15, 0.2) is 5.17 Å². The molecule has 0 saturated carbocycles. The van der Waals surface area contributed by atoms with Crippen LogP contribution in [0.5, 0.6) is 5.75 Å². The molecule has 1 heterocycles. The van der Waals surface area contributed by atoms with Crippen molar-refractivity contribution in [2.75, 3.05) is 6.61 Å². The standard InChI is InChI=1S/C23H18N2O2S/c1-2-14-27-20-13-6-4-9-17(20)15-21-22(26)25-23(28-21)24-19-12-7-10-16-8-3-5-11-18(16)19/h2-13,15H,1,14H2,(H,24,25,26)/b21-15-. The zero-order valence-electron chi connectivity index (χ0n) is 15.1. The number of aliphatic imine (C=N–C) groups is 1. The van der Waals surface area contributed by atoms with E-state index >= 15 is 0 Å². The number of carbonyl (C=O) groups excluding carboxylic acids is 1. The third-order valence-corrected chi connectivity index (χ3v) is 5.11. The Bertz CT molecular complexity index is 1110. The summed E-state index contributed by atoms with van der Waals surface area (Å²) in [6.45, 7) is 4.08. The molecule has 0 bridgehead atoms. The number of amides is 1. The first-order valence-electron chi connectivity index (χ1n) is 8.84. The second-order valence-electron chi connectivity index (χ2n) is 6.12. The minimum atomic E-state index is -0.164. The number of ether oxygens (including phenoxy) is 1. The number of para-hydroxylation sites is 1. The summed E-state index contributed by atoms with van der Waals surface area (Å²) in [5, 5.41) is 5.58. The molecule has 1 saturated heterocycles. The number of hydrogen-bond acceptors (Lipinski definition) is 4. The summed E-state index contributed by atoms with van der Waals surface area (Å²) in [6.07, 6.45) is 3.51. The Hall–Kier alpha value is -3.31. The lowest BCUT2D eigenvalue weighted by Crippen LogP contribution is -2.19. The van der Waals surface area contributed by atoms with E-state index in [-0.39, 0.29) is 5.91 Å². The van der Waals surface area contributed by atoms with E-state index in [0.717, 1.165) is 22.0 Å². The van der Waals surface area contributed by atoms with Crippen LogP contribution >= 0.6 is 11.8 Å². The first-order chi connectivity index (χ1) is 13.7. The molecule has 0 aliphatic carbocycles. The minimum Gasteiger partial charge on any atom is -0.489 e. The van der Waals surface area contributed by atoms with Crippen molar-refractivity contribution >= 4 is 45.4 Å². The summed E-state index contributed by atoms with van der Waals surface area (Å²) in [5.41, 5.74) is 1.67. The molecule has 0 radical (unpaired) electrons. The van der Waals surface area contributed by atoms with Crippen LogP contribution in [0, 0.1) is 0 Å². The lowest BCUT2D eigenvalue weighted by molar-refractivity contribution is -0.115. The molecule has 138 valence electrons. The molecule has 1 fully saturated rings. The predicted octanol–water partition coefficient (Wildman–Crippen LogP) is 5.30. The van der Waals surface area contributed by atoms with E-state index in [2.05, 4.69) is 16.9 Å². The van der Waals surface area contributed by atoms with Gasteiger partial charge in [-0.05, 0) is 35.4 Å². The molecule has 4 nitrogen and oxygen atoms in total. The SMILES string of the molecule is C=CCOc1ccccc1/C=C1\SC(=Nc2cccc3ccccc23)NC1=O. The molecule has 4 rings (SSSR count). The fourth-order valence-electron chi connectivity index (χ4n) is 2.92. The maximum Gasteiger partial charge on any atom is 0.264 e. The summed E-state index contributed by atoms with van der Waals surface area (Å²) in [7, 11) is 0. The van der Waals surface area contributed by atoms with Gasteiger partial charge < -0.3 is 10.1 Å². The predicted molar refractivity (Wildman–Crippen MR) is 117 cm³/mol. The average molecular weight is 386 g/mol. The molecule has 3 aromatic carbocycles. The van der Waals surface area contributed by atoms with Crippen LogP contribution in [-0.2, 0) is 4.79 Å². The molecule has 1 N–H and O–H groups in total. The number of thioether (sulfide) groups is 1. The first-order valence-corrected chi connectivity index (χ1v) is 9.66. The van der Waals surface area contributed by atoms with Gasteiger partial charge in [0, 0.05) is 10.9 Å². The zero-order valence-corrected chi connectivity index (χ0v) is 15.9. The Balaban J connectivity index is 1.63. The highest BCUT2D eigenvalue weighted by Crippen LogP contribution is 2.32. The number of amidine groups is 1. The Morgan fingerprint density at radius 1 is 1.04 bits per heavy atom. The molecule has 1 aliphatic rings. The van der Waals surface area contributed by atoms with Gasteiger partial charge in [-0.2, -0.15) is 0 Å². The molecule has 0 atom stereocenters. The molecular weight excluding hydrogens is 368 g/mol. The number of rotatable bonds is 5. The minimum absolute atomic E-state index is 0.164. The van der Waals surface area contributed by atoms with Gasteiger partial charge in [0.1, 0.15) is 12.4 Å². The van der Waals surface area contributed by atoms with E-state index in [1.165, 1.54) is 11.8 Å². The van der Waals surface area contributed by atoms with Gasteiger partial charge >= 0.3 is 0 Å². The second kappa shape index (κ2) is 8.15. The van der Waals surface area contributed by atoms with Gasteiger partial charge in [0.05, 0.1) is 10.6 Å². The molecule has 3 aromatic rings. The number of benzene rings is 3. The molecule has 5 heteroatoms. The van der Waals surface area contributed by atoms with Crippen molar-refractivity contribution in [2.45, 2.75) is 0 Å². The summed E-state index contributed by atoms with van der Waals surface area (Å²) < 4.78 is 5.67. The van der Waals surface area contributed by atoms with Crippen molar-refractivity contribution in [1.82, 2.24) is 5.32 Å². The van der Waals surface area contributed by atoms with E-state index in [1.54, 1.807) is 6.08 Å². The van der Waals surface area contributed by atoms with Crippen molar-refractivity contribution in [1.29, 1.82) is 0 Å². The summed E-state index contributed by atoms with van der Waals surface area (Å²) >= 11 is 1.32. The highest BCUT2D eigenvalue weighted by molar-refractivity contribution is 8.18. The van der Waals surface area contributed by atoms with E-state index in [9.17, 15) is 4.79 Å². The van der Waals surface area contributed by atoms with E-state index < -0.39 is 0 Å². The van der Waals surface area contributed by atoms with Gasteiger partial charge in [-0.15, -0.1) is 0 Å². The largest absolute Gasteiger partial charge is 0.489 e. The lowest BCUT2D eigenvalue weighted by atomic mass is 10.1. The quantitative estimate of drug-likeness (QED) is 0.478. The zero-order chi connectivity index (χ0) is 19.3. The van der Waals surface area contributed by atoms with Crippen LogP contribution in [0.1, 0.15) is 5.56 Å². The molecule has 1 amide bonds. The Labute approximate surface area is 167 Å². The number of carbonyl (C=O) groups is 1. The second-order valence-corrected chi connectivity index (χ2v) is 7.15. The van der Waals surface area contributed by atoms with E-state index in [1.807, 2.05) is 72.8 Å². The normalized spacial score (nSPS) is 16.5. The highest BCUT2D eigenvalue weighted by Gasteiger charge is 2.24. The smallest absolute Gasteiger partial charge is 0.264 e.